The molecule has 9 heteroatoms. The Hall–Kier alpha value is -4.05. The highest BCUT2D eigenvalue weighted by Gasteiger charge is 2.22. The third-order valence-electron chi connectivity index (χ3n) is 16.3. The molecule has 9 nitrogen and oxygen atoms in total. The molecule has 0 aromatic carbocycles. The number of carboxylic acid groups (broad SMARTS) is 1. The Kier molecular flexibility index (Phi) is 67.6. The summed E-state index contributed by atoms with van der Waals surface area (Å²) in [7, 11) is 5.93. The number of likely N-dealkylation sites (N-methyl/N-ethyl adjacent to an activating group) is 1. The van der Waals surface area contributed by atoms with Crippen LogP contribution < -0.4 is 5.11 Å². The van der Waals surface area contributed by atoms with E-state index in [-0.39, 0.29) is 32.2 Å². The molecule has 2 unspecified atom stereocenters. The number of allylic oxidation sites excluding steroid dienone is 18. The average molecular weight is 1260 g/mol. The predicted octanol–water partition coefficient (Wildman–Crippen LogP) is 22.4. The van der Waals surface area contributed by atoms with Crippen LogP contribution in [-0.2, 0) is 33.3 Å². The molecule has 0 aliphatic rings. The van der Waals surface area contributed by atoms with Crippen molar-refractivity contribution in [1.29, 1.82) is 0 Å². The van der Waals surface area contributed by atoms with E-state index in [4.69, 9.17) is 18.9 Å². The number of esters is 2. The Morgan fingerprint density at radius 1 is 0.344 bits per heavy atom. The number of aliphatic carboxylic acids is 1. The van der Waals surface area contributed by atoms with Crippen LogP contribution in [0.2, 0.25) is 0 Å². The molecule has 0 aromatic heterocycles. The van der Waals surface area contributed by atoms with Crippen molar-refractivity contribution in [2.24, 2.45) is 0 Å². The number of unbranched alkanes of at least 4 members (excludes halogenated alkanes) is 36. The molecule has 0 aromatic rings. The molecule has 0 bridgehead atoms. The summed E-state index contributed by atoms with van der Waals surface area (Å²) < 4.78 is 22.8. The quantitative estimate of drug-likeness (QED) is 0.0195. The zero-order chi connectivity index (χ0) is 65.4. The monoisotopic (exact) mass is 1260 g/mol. The van der Waals surface area contributed by atoms with Gasteiger partial charge in [-0.1, -0.05) is 342 Å². The first-order valence-corrected chi connectivity index (χ1v) is 37.5. The van der Waals surface area contributed by atoms with Gasteiger partial charge in [0.15, 0.2) is 12.4 Å². The third-order valence-corrected chi connectivity index (χ3v) is 16.3. The Bertz CT molecular complexity index is 1850. The summed E-state index contributed by atoms with van der Waals surface area (Å²) >= 11 is 0. The number of hydrogen-bond donors (Lipinski definition) is 0. The van der Waals surface area contributed by atoms with E-state index in [9.17, 15) is 19.5 Å². The SMILES string of the molecule is CC/C=C\C/C=C\C/C=C\C/C=C\C/C=C\C/C=C\C/C=C\C/C=C\C/C=C\CCCCCCCCCCCC(=O)OC(COC(=O)CCCCCCCCCCCCCCCCCCCCCCCCCCCCCC)COC(OCC[N+](C)(C)C)C(=O)[O-]. The number of hydrogen-bond acceptors (Lipinski definition) is 8. The molecule has 0 N–H and O–H groups in total. The van der Waals surface area contributed by atoms with Crippen LogP contribution in [0.4, 0.5) is 0 Å². The van der Waals surface area contributed by atoms with Crippen LogP contribution in [0.15, 0.2) is 109 Å². The summed E-state index contributed by atoms with van der Waals surface area (Å²) in [5.41, 5.74) is 0. The largest absolute Gasteiger partial charge is 0.545 e. The van der Waals surface area contributed by atoms with E-state index < -0.39 is 24.3 Å². The van der Waals surface area contributed by atoms with Gasteiger partial charge in [-0.2, -0.15) is 0 Å². The summed E-state index contributed by atoms with van der Waals surface area (Å²) in [5, 5.41) is 11.8. The summed E-state index contributed by atoms with van der Waals surface area (Å²) in [6.45, 7) is 4.67. The highest BCUT2D eigenvalue weighted by molar-refractivity contribution is 5.70. The molecular formula is C81H141NO8. The molecule has 0 aliphatic heterocycles. The van der Waals surface area contributed by atoms with Crippen LogP contribution in [0.25, 0.3) is 0 Å². The lowest BCUT2D eigenvalue weighted by atomic mass is 10.0. The molecule has 0 spiro atoms. The van der Waals surface area contributed by atoms with Crippen LogP contribution in [0.1, 0.15) is 328 Å². The minimum Gasteiger partial charge on any atom is -0.545 e. The van der Waals surface area contributed by atoms with Gasteiger partial charge in [0.25, 0.3) is 0 Å². The Morgan fingerprint density at radius 2 is 0.633 bits per heavy atom. The molecule has 0 aliphatic carbocycles. The second-order valence-corrected chi connectivity index (χ2v) is 26.2. The Labute approximate surface area is 555 Å². The van der Waals surface area contributed by atoms with Crippen molar-refractivity contribution in [3.8, 4) is 0 Å². The van der Waals surface area contributed by atoms with Gasteiger partial charge in [0.2, 0.25) is 0 Å². The van der Waals surface area contributed by atoms with E-state index in [1.807, 2.05) is 21.1 Å². The zero-order valence-electron chi connectivity index (χ0n) is 59.2. The van der Waals surface area contributed by atoms with E-state index in [0.29, 0.717) is 23.9 Å². The molecule has 0 amide bonds. The van der Waals surface area contributed by atoms with Crippen molar-refractivity contribution in [2.45, 2.75) is 341 Å². The molecule has 2 atom stereocenters. The van der Waals surface area contributed by atoms with Gasteiger partial charge in [-0.3, -0.25) is 9.59 Å². The molecule has 518 valence electrons. The molecule has 0 rings (SSSR count). The van der Waals surface area contributed by atoms with Crippen LogP contribution >= 0.6 is 0 Å². The highest BCUT2D eigenvalue weighted by Crippen LogP contribution is 2.18. The van der Waals surface area contributed by atoms with Gasteiger partial charge in [0, 0.05) is 12.8 Å². The number of rotatable bonds is 69. The number of carboxylic acids is 1. The van der Waals surface area contributed by atoms with Gasteiger partial charge >= 0.3 is 11.9 Å². The summed E-state index contributed by atoms with van der Waals surface area (Å²) in [4.78, 5) is 37.5. The van der Waals surface area contributed by atoms with Gasteiger partial charge in [-0.25, -0.2) is 0 Å². The van der Waals surface area contributed by atoms with Crippen molar-refractivity contribution in [2.75, 3.05) is 47.5 Å². The van der Waals surface area contributed by atoms with Crippen LogP contribution in [0.5, 0.6) is 0 Å². The van der Waals surface area contributed by atoms with Crippen molar-refractivity contribution in [1.82, 2.24) is 0 Å². The maximum atomic E-state index is 13.0. The van der Waals surface area contributed by atoms with Crippen molar-refractivity contribution in [3.05, 3.63) is 109 Å². The Morgan fingerprint density at radius 3 is 0.944 bits per heavy atom. The fraction of sp³-hybridized carbons (Fsp3) is 0.741. The minimum atomic E-state index is -1.63. The van der Waals surface area contributed by atoms with Gasteiger partial charge < -0.3 is 33.3 Å². The fourth-order valence-corrected chi connectivity index (χ4v) is 10.6. The number of nitrogens with zero attached hydrogens (tertiary/aromatic N) is 1. The lowest BCUT2D eigenvalue weighted by Crippen LogP contribution is -2.44. The van der Waals surface area contributed by atoms with Crippen molar-refractivity contribution in [3.63, 3.8) is 0 Å². The van der Waals surface area contributed by atoms with E-state index in [1.54, 1.807) is 0 Å². The molecule has 0 heterocycles. The molecule has 0 fully saturated rings. The van der Waals surface area contributed by atoms with Crippen LogP contribution in [0.3, 0.4) is 0 Å². The number of ether oxygens (including phenoxy) is 4. The van der Waals surface area contributed by atoms with Crippen LogP contribution in [0, 0.1) is 0 Å². The minimum absolute atomic E-state index is 0.144. The second kappa shape index (κ2) is 70.8. The molecule has 0 saturated heterocycles. The number of quaternary nitrogens is 1. The van der Waals surface area contributed by atoms with Gasteiger partial charge in [-0.15, -0.1) is 0 Å². The highest BCUT2D eigenvalue weighted by atomic mass is 16.7. The third kappa shape index (κ3) is 71.4. The van der Waals surface area contributed by atoms with E-state index >= 15 is 0 Å². The van der Waals surface area contributed by atoms with E-state index in [2.05, 4.69) is 123 Å². The first-order chi connectivity index (χ1) is 44.1. The molecule has 90 heavy (non-hydrogen) atoms. The van der Waals surface area contributed by atoms with Gasteiger partial charge in [-0.05, 0) is 83.5 Å². The molecular weight excluding hydrogens is 1110 g/mol. The maximum absolute atomic E-state index is 13.0. The lowest BCUT2D eigenvalue weighted by Gasteiger charge is -2.26. The van der Waals surface area contributed by atoms with E-state index in [0.717, 1.165) is 103 Å². The molecule has 0 radical (unpaired) electrons. The predicted molar refractivity (Wildman–Crippen MR) is 384 cm³/mol. The normalized spacial score (nSPS) is 13.3. The first-order valence-electron chi connectivity index (χ1n) is 37.5. The number of carbonyl (C=O) groups excluding carboxylic acids is 3. The van der Waals surface area contributed by atoms with Crippen molar-refractivity contribution < 1.29 is 42.9 Å². The summed E-state index contributed by atoms with van der Waals surface area (Å²) in [6, 6.07) is 0. The first kappa shape index (κ1) is 85.9. The smallest absolute Gasteiger partial charge is 0.306 e. The Balaban J connectivity index is 4.12. The summed E-state index contributed by atoms with van der Waals surface area (Å²) in [5.74, 6) is -2.28. The van der Waals surface area contributed by atoms with Gasteiger partial charge in [0.1, 0.15) is 13.2 Å². The van der Waals surface area contributed by atoms with Crippen LogP contribution in [-0.4, -0.2) is 82.3 Å². The van der Waals surface area contributed by atoms with E-state index in [1.165, 1.54) is 193 Å². The number of carbonyl (C=O) groups is 3. The standard InChI is InChI=1S/C81H141NO8/c1-6-8-10-12-14-16-18-20-22-24-26-28-30-32-34-36-37-38-39-40-41-42-43-44-46-48-50-52-54-56-58-60-62-64-66-68-70-72-79(84)90-77(76-89-81(80(85)86)87-74-73-82(3,4)5)75-88-78(83)71-69-67-65-63-61-59-57-55-53-51-49-47-45-35-33-31-29-27-25-23-21-19-17-15-13-11-9-7-2/h8,10,14,16,20,22,26,28,32,34,37-38,40-41,43-44,48,50,77,81H,6-7,9,11-13,15,17-19,21,23-25,27,29-31,33,35-36,39,42,45-47,49,51-76H2,1-5H3/b10-8-,16-14-,22-20-,28-26-,34-32-,38-37-,41-40-,44-43-,50-48-. The lowest BCUT2D eigenvalue weighted by molar-refractivity contribution is -0.870. The topological polar surface area (TPSA) is 111 Å². The second-order valence-electron chi connectivity index (χ2n) is 26.2. The van der Waals surface area contributed by atoms with Gasteiger partial charge in [0.05, 0.1) is 40.3 Å². The maximum Gasteiger partial charge on any atom is 0.306 e. The van der Waals surface area contributed by atoms with Crippen molar-refractivity contribution >= 4 is 17.9 Å². The average Bonchev–Trinajstić information content (AvgIpc) is 3.74. The summed E-state index contributed by atoms with van der Waals surface area (Å²) in [6.07, 6.45) is 96.1. The fourth-order valence-electron chi connectivity index (χ4n) is 10.6. The molecule has 0 saturated carbocycles. The zero-order valence-corrected chi connectivity index (χ0v) is 59.2.